The van der Waals surface area contributed by atoms with Gasteiger partial charge < -0.3 is 14.6 Å². The maximum Gasteiger partial charge on any atom is 0.410 e. The third-order valence-corrected chi connectivity index (χ3v) is 5.91. The van der Waals surface area contributed by atoms with Gasteiger partial charge in [0, 0.05) is 32.6 Å². The van der Waals surface area contributed by atoms with E-state index >= 15 is 0 Å². The fraction of sp³-hybridized carbons (Fsp3) is 0.391. The number of nitrogens with zero attached hydrogens (tertiary/aromatic N) is 2. The topological polar surface area (TPSA) is 79.3 Å². The van der Waals surface area contributed by atoms with E-state index < -0.39 is 18.1 Å². The van der Waals surface area contributed by atoms with Crippen LogP contribution in [0.5, 0.6) is 0 Å². The fourth-order valence-electron chi connectivity index (χ4n) is 4.22. The quantitative estimate of drug-likeness (QED) is 0.789. The normalized spacial score (nSPS) is 17.1. The number of fused-ring (bicyclic) bond motifs is 3. The maximum atomic E-state index is 12.7. The molecule has 1 N–H and O–H groups in total. The fourth-order valence-corrected chi connectivity index (χ4v) is 4.22. The van der Waals surface area contributed by atoms with Gasteiger partial charge >= 0.3 is 12.1 Å². The molecule has 1 aliphatic heterocycles. The zero-order valence-electron chi connectivity index (χ0n) is 17.0. The number of carbonyl (C=O) groups excluding carboxylic acids is 1. The highest BCUT2D eigenvalue weighted by molar-refractivity contribution is 5.81. The number of carbonyl (C=O) groups is 2. The molecule has 1 fully saturated rings. The summed E-state index contributed by atoms with van der Waals surface area (Å²) in [5.74, 6) is -1.10. The molecule has 7 nitrogen and oxygen atoms in total. The zero-order chi connectivity index (χ0) is 21.1. The summed E-state index contributed by atoms with van der Waals surface area (Å²) in [5.41, 5.74) is 4.55. The molecule has 0 radical (unpaired) electrons. The molecule has 0 aromatic heterocycles. The van der Waals surface area contributed by atoms with E-state index in [0.717, 1.165) is 22.3 Å². The minimum atomic E-state index is -1.04. The molecule has 4 rings (SSSR count). The van der Waals surface area contributed by atoms with Crippen LogP contribution >= 0.6 is 0 Å². The van der Waals surface area contributed by atoms with Crippen LogP contribution in [0.15, 0.2) is 48.5 Å². The van der Waals surface area contributed by atoms with Crippen LogP contribution in [-0.4, -0.2) is 79.5 Å². The van der Waals surface area contributed by atoms with Crippen LogP contribution in [0.25, 0.3) is 11.1 Å². The van der Waals surface area contributed by atoms with Crippen molar-refractivity contribution in [2.75, 3.05) is 46.5 Å². The summed E-state index contributed by atoms with van der Waals surface area (Å²) < 4.78 is 10.9. The molecule has 158 valence electrons. The smallest absolute Gasteiger partial charge is 0.410 e. The van der Waals surface area contributed by atoms with Gasteiger partial charge in [-0.2, -0.15) is 0 Å². The number of rotatable bonds is 6. The van der Waals surface area contributed by atoms with Gasteiger partial charge in [-0.1, -0.05) is 48.5 Å². The standard InChI is InChI=1S/C23H26N2O5/c1-24(21(22(26)27)14-25-10-12-29-13-11-25)23(28)30-15-20-18-8-4-2-6-16(18)17-7-3-5-9-19(17)20/h2-9,20-21H,10-15H2,1H3,(H,26,27)/t21-/m0/s1. The molecule has 1 heterocycles. The molecular formula is C23H26N2O5. The van der Waals surface area contributed by atoms with Crippen molar-refractivity contribution in [2.45, 2.75) is 12.0 Å². The lowest BCUT2D eigenvalue weighted by molar-refractivity contribution is -0.143. The van der Waals surface area contributed by atoms with Gasteiger partial charge in [0.05, 0.1) is 13.2 Å². The molecule has 2 aromatic carbocycles. The largest absolute Gasteiger partial charge is 0.480 e. The predicted molar refractivity (Wildman–Crippen MR) is 112 cm³/mol. The summed E-state index contributed by atoms with van der Waals surface area (Å²) in [6.45, 7) is 2.87. The average Bonchev–Trinajstić information content (AvgIpc) is 3.09. The number of aliphatic carboxylic acids is 1. The molecule has 2 aromatic rings. The number of carboxylic acid groups (broad SMARTS) is 1. The first kappa shape index (κ1) is 20.4. The Morgan fingerprint density at radius 3 is 2.23 bits per heavy atom. The molecule has 1 aliphatic carbocycles. The van der Waals surface area contributed by atoms with Gasteiger partial charge in [0.15, 0.2) is 0 Å². The van der Waals surface area contributed by atoms with Crippen molar-refractivity contribution in [3.63, 3.8) is 0 Å². The Bertz CT molecular complexity index is 880. The molecule has 1 atom stereocenters. The Kier molecular flexibility index (Phi) is 6.01. The molecule has 2 aliphatic rings. The summed E-state index contributed by atoms with van der Waals surface area (Å²) >= 11 is 0. The Hall–Kier alpha value is -2.90. The van der Waals surface area contributed by atoms with Crippen molar-refractivity contribution in [3.8, 4) is 11.1 Å². The van der Waals surface area contributed by atoms with Crippen molar-refractivity contribution in [3.05, 3.63) is 59.7 Å². The number of ether oxygens (including phenoxy) is 2. The van der Waals surface area contributed by atoms with Crippen molar-refractivity contribution in [1.82, 2.24) is 9.80 Å². The van der Waals surface area contributed by atoms with Gasteiger partial charge in [-0.15, -0.1) is 0 Å². The zero-order valence-corrected chi connectivity index (χ0v) is 17.0. The minimum Gasteiger partial charge on any atom is -0.480 e. The SMILES string of the molecule is CN(C(=O)OCC1c2ccccc2-c2ccccc21)[C@@H](CN1CCOCC1)C(=O)O. The summed E-state index contributed by atoms with van der Waals surface area (Å²) in [7, 11) is 1.48. The summed E-state index contributed by atoms with van der Waals surface area (Å²) in [6.07, 6.45) is -0.627. The lowest BCUT2D eigenvalue weighted by atomic mass is 9.98. The van der Waals surface area contributed by atoms with E-state index in [1.165, 1.54) is 11.9 Å². The van der Waals surface area contributed by atoms with Gasteiger partial charge in [0.2, 0.25) is 0 Å². The van der Waals surface area contributed by atoms with Crippen molar-refractivity contribution >= 4 is 12.1 Å². The lowest BCUT2D eigenvalue weighted by Gasteiger charge is -2.32. The molecule has 0 unspecified atom stereocenters. The highest BCUT2D eigenvalue weighted by atomic mass is 16.6. The van der Waals surface area contributed by atoms with Crippen LogP contribution in [0.1, 0.15) is 17.0 Å². The second kappa shape index (κ2) is 8.85. The average molecular weight is 410 g/mol. The Balaban J connectivity index is 1.44. The third-order valence-electron chi connectivity index (χ3n) is 5.91. The van der Waals surface area contributed by atoms with E-state index in [-0.39, 0.29) is 19.1 Å². The lowest BCUT2D eigenvalue weighted by Crippen LogP contribution is -2.51. The summed E-state index contributed by atoms with van der Waals surface area (Å²) in [4.78, 5) is 27.7. The number of likely N-dealkylation sites (N-methyl/N-ethyl adjacent to an activating group) is 1. The molecule has 0 spiro atoms. The van der Waals surface area contributed by atoms with Crippen molar-refractivity contribution < 1.29 is 24.2 Å². The van der Waals surface area contributed by atoms with E-state index in [0.29, 0.717) is 26.3 Å². The number of amides is 1. The Morgan fingerprint density at radius 1 is 1.10 bits per heavy atom. The molecule has 1 saturated heterocycles. The van der Waals surface area contributed by atoms with E-state index in [4.69, 9.17) is 9.47 Å². The number of benzene rings is 2. The molecule has 1 amide bonds. The van der Waals surface area contributed by atoms with E-state index in [1.807, 2.05) is 29.2 Å². The van der Waals surface area contributed by atoms with Gasteiger partial charge in [-0.25, -0.2) is 9.59 Å². The highest BCUT2D eigenvalue weighted by Crippen LogP contribution is 2.44. The molecular weight excluding hydrogens is 384 g/mol. The van der Waals surface area contributed by atoms with Crippen LogP contribution in [-0.2, 0) is 14.3 Å². The van der Waals surface area contributed by atoms with Gasteiger partial charge in [-0.3, -0.25) is 9.80 Å². The first-order chi connectivity index (χ1) is 14.6. The summed E-state index contributed by atoms with van der Waals surface area (Å²) in [5, 5.41) is 9.66. The first-order valence-electron chi connectivity index (χ1n) is 10.2. The van der Waals surface area contributed by atoms with Crippen molar-refractivity contribution in [2.24, 2.45) is 0 Å². The number of morpholine rings is 1. The summed E-state index contributed by atoms with van der Waals surface area (Å²) in [6, 6.07) is 15.2. The van der Waals surface area contributed by atoms with Gasteiger partial charge in [0.25, 0.3) is 0 Å². The molecule has 0 bridgehead atoms. The molecule has 7 heteroatoms. The maximum absolute atomic E-state index is 12.7. The van der Waals surface area contributed by atoms with Gasteiger partial charge in [0.1, 0.15) is 12.6 Å². The highest BCUT2D eigenvalue weighted by Gasteiger charge is 2.33. The predicted octanol–water partition coefficient (Wildman–Crippen LogP) is 2.65. The molecule has 30 heavy (non-hydrogen) atoms. The monoisotopic (exact) mass is 410 g/mol. The minimum absolute atomic E-state index is 0.0581. The Morgan fingerprint density at radius 2 is 1.67 bits per heavy atom. The first-order valence-corrected chi connectivity index (χ1v) is 10.2. The second-order valence-electron chi connectivity index (χ2n) is 7.68. The van der Waals surface area contributed by atoms with Crippen molar-refractivity contribution in [1.29, 1.82) is 0 Å². The third kappa shape index (κ3) is 4.04. The van der Waals surface area contributed by atoms with Gasteiger partial charge in [-0.05, 0) is 22.3 Å². The number of carboxylic acids is 1. The van der Waals surface area contributed by atoms with Crippen LogP contribution in [0.3, 0.4) is 0 Å². The van der Waals surface area contributed by atoms with Crippen LogP contribution in [0.4, 0.5) is 4.79 Å². The van der Waals surface area contributed by atoms with Crippen LogP contribution < -0.4 is 0 Å². The number of hydrogen-bond acceptors (Lipinski definition) is 5. The number of hydrogen-bond donors (Lipinski definition) is 1. The molecule has 0 saturated carbocycles. The van der Waals surface area contributed by atoms with E-state index in [2.05, 4.69) is 24.3 Å². The van der Waals surface area contributed by atoms with E-state index in [9.17, 15) is 14.7 Å². The van der Waals surface area contributed by atoms with E-state index in [1.54, 1.807) is 0 Å². The van der Waals surface area contributed by atoms with Crippen LogP contribution in [0.2, 0.25) is 0 Å². The second-order valence-corrected chi connectivity index (χ2v) is 7.68. The van der Waals surface area contributed by atoms with Crippen LogP contribution in [0, 0.1) is 0 Å². The Labute approximate surface area is 175 Å².